The fourth-order valence-electron chi connectivity index (χ4n) is 2.54. The third kappa shape index (κ3) is 2.49. The van der Waals surface area contributed by atoms with E-state index in [2.05, 4.69) is 11.8 Å². The van der Waals surface area contributed by atoms with E-state index in [1.807, 2.05) is 28.8 Å². The fourth-order valence-corrected chi connectivity index (χ4v) is 2.54. The summed E-state index contributed by atoms with van der Waals surface area (Å²) in [5.74, 6) is 5.54. The molecule has 0 aliphatic carbocycles. The van der Waals surface area contributed by atoms with Crippen molar-refractivity contribution in [2.75, 3.05) is 33.7 Å². The Bertz CT molecular complexity index is 410. The first-order chi connectivity index (χ1) is 8.49. The summed E-state index contributed by atoms with van der Waals surface area (Å²) >= 11 is 0. The second-order valence-corrected chi connectivity index (χ2v) is 5.22. The standard InChI is InChI=1S/C13H19N3O2/c1-10(17)15-8-11-7-12(9-15)16(11)13(18)5-4-6-14(2)3/h11-12H,6-9H2,1-3H3. The minimum absolute atomic E-state index is 0.0930. The number of piperazine rings is 1. The summed E-state index contributed by atoms with van der Waals surface area (Å²) in [5, 5.41) is 0. The zero-order valence-corrected chi connectivity index (χ0v) is 11.1. The molecule has 2 amide bonds. The zero-order chi connectivity index (χ0) is 13.3. The lowest BCUT2D eigenvalue weighted by Gasteiger charge is -2.55. The molecular weight excluding hydrogens is 230 g/mol. The number of rotatable bonds is 1. The molecule has 5 heteroatoms. The molecule has 0 saturated carbocycles. The quantitative estimate of drug-likeness (QED) is 0.582. The molecule has 0 aromatic heterocycles. The fraction of sp³-hybridized carbons (Fsp3) is 0.692. The number of carbonyl (C=O) groups is 2. The van der Waals surface area contributed by atoms with Gasteiger partial charge in [-0.25, -0.2) is 0 Å². The van der Waals surface area contributed by atoms with E-state index in [0.29, 0.717) is 19.6 Å². The lowest BCUT2D eigenvalue weighted by Crippen LogP contribution is -2.70. The van der Waals surface area contributed by atoms with Gasteiger partial charge in [-0.05, 0) is 26.4 Å². The van der Waals surface area contributed by atoms with Gasteiger partial charge < -0.3 is 9.80 Å². The molecule has 0 radical (unpaired) electrons. The van der Waals surface area contributed by atoms with Crippen LogP contribution in [-0.2, 0) is 9.59 Å². The lowest BCUT2D eigenvalue weighted by molar-refractivity contribution is -0.155. The van der Waals surface area contributed by atoms with Crippen molar-refractivity contribution in [2.24, 2.45) is 0 Å². The number of fused-ring (bicyclic) bond motifs is 2. The monoisotopic (exact) mass is 249 g/mol. The van der Waals surface area contributed by atoms with Crippen LogP contribution >= 0.6 is 0 Å². The van der Waals surface area contributed by atoms with Crippen LogP contribution in [-0.4, -0.2) is 72.3 Å². The van der Waals surface area contributed by atoms with Crippen LogP contribution in [0, 0.1) is 11.8 Å². The summed E-state index contributed by atoms with van der Waals surface area (Å²) < 4.78 is 0. The normalized spacial score (nSPS) is 25.3. The maximum atomic E-state index is 11.9. The Morgan fingerprint density at radius 1 is 1.28 bits per heavy atom. The van der Waals surface area contributed by atoms with Gasteiger partial charge in [0.15, 0.2) is 0 Å². The Hall–Kier alpha value is -1.54. The Kier molecular flexibility index (Phi) is 3.58. The smallest absolute Gasteiger partial charge is 0.299 e. The van der Waals surface area contributed by atoms with Crippen molar-refractivity contribution in [3.63, 3.8) is 0 Å². The van der Waals surface area contributed by atoms with Crippen molar-refractivity contribution in [1.82, 2.24) is 14.7 Å². The highest BCUT2D eigenvalue weighted by Crippen LogP contribution is 2.32. The molecular formula is C13H19N3O2. The molecule has 2 atom stereocenters. The molecule has 2 bridgehead atoms. The molecule has 0 aromatic carbocycles. The second kappa shape index (κ2) is 4.99. The molecule has 0 spiro atoms. The molecule has 3 aliphatic rings. The van der Waals surface area contributed by atoms with E-state index in [0.717, 1.165) is 6.42 Å². The highest BCUT2D eigenvalue weighted by atomic mass is 16.2. The minimum atomic E-state index is -0.0960. The van der Waals surface area contributed by atoms with Gasteiger partial charge in [-0.15, -0.1) is 0 Å². The maximum Gasteiger partial charge on any atom is 0.299 e. The van der Waals surface area contributed by atoms with Gasteiger partial charge in [0.05, 0.1) is 18.6 Å². The molecule has 3 fully saturated rings. The Balaban J connectivity index is 1.91. The van der Waals surface area contributed by atoms with Crippen LogP contribution in [0.1, 0.15) is 13.3 Å². The van der Waals surface area contributed by atoms with Gasteiger partial charge in [0.25, 0.3) is 5.91 Å². The van der Waals surface area contributed by atoms with Gasteiger partial charge in [-0.3, -0.25) is 14.5 Å². The van der Waals surface area contributed by atoms with Gasteiger partial charge in [-0.2, -0.15) is 0 Å². The first-order valence-corrected chi connectivity index (χ1v) is 6.20. The Morgan fingerprint density at radius 3 is 2.39 bits per heavy atom. The molecule has 3 rings (SSSR count). The van der Waals surface area contributed by atoms with E-state index in [4.69, 9.17) is 0 Å². The Labute approximate surface area is 108 Å². The predicted octanol–water partition coefficient (Wildman–Crippen LogP) is -0.617. The number of piperidine rings is 1. The van der Waals surface area contributed by atoms with Crippen LogP contribution in [0.2, 0.25) is 0 Å². The molecule has 5 nitrogen and oxygen atoms in total. The molecule has 2 unspecified atom stereocenters. The summed E-state index contributed by atoms with van der Waals surface area (Å²) in [6.07, 6.45) is 1.00. The van der Waals surface area contributed by atoms with Gasteiger partial charge in [0.2, 0.25) is 5.91 Å². The first kappa shape index (κ1) is 12.9. The molecule has 3 saturated heterocycles. The van der Waals surface area contributed by atoms with Crippen LogP contribution in [0.3, 0.4) is 0 Å². The number of hydrogen-bond donors (Lipinski definition) is 0. The van der Waals surface area contributed by atoms with E-state index in [-0.39, 0.29) is 23.9 Å². The van der Waals surface area contributed by atoms with E-state index < -0.39 is 0 Å². The highest BCUT2D eigenvalue weighted by Gasteiger charge is 2.47. The van der Waals surface area contributed by atoms with Gasteiger partial charge in [-0.1, -0.05) is 5.92 Å². The number of hydrogen-bond acceptors (Lipinski definition) is 3. The Morgan fingerprint density at radius 2 is 1.89 bits per heavy atom. The van der Waals surface area contributed by atoms with Gasteiger partial charge >= 0.3 is 0 Å². The SMILES string of the molecule is CC(=O)N1CC2CC(C1)N2C(=O)C#CCN(C)C. The minimum Gasteiger partial charge on any atom is -0.339 e. The summed E-state index contributed by atoms with van der Waals surface area (Å²) in [5.41, 5.74) is 0. The predicted molar refractivity (Wildman–Crippen MR) is 67.6 cm³/mol. The third-order valence-electron chi connectivity index (χ3n) is 3.46. The first-order valence-electron chi connectivity index (χ1n) is 6.20. The lowest BCUT2D eigenvalue weighted by atomic mass is 9.87. The van der Waals surface area contributed by atoms with E-state index in [9.17, 15) is 9.59 Å². The summed E-state index contributed by atoms with van der Waals surface area (Å²) in [4.78, 5) is 28.8. The van der Waals surface area contributed by atoms with Crippen molar-refractivity contribution in [3.05, 3.63) is 0 Å². The average molecular weight is 249 g/mol. The van der Waals surface area contributed by atoms with Crippen LogP contribution in [0.4, 0.5) is 0 Å². The van der Waals surface area contributed by atoms with Crippen LogP contribution in [0.25, 0.3) is 0 Å². The number of carbonyl (C=O) groups excluding carboxylic acids is 2. The average Bonchev–Trinajstić information content (AvgIpc) is 2.28. The van der Waals surface area contributed by atoms with E-state index in [1.165, 1.54) is 0 Å². The van der Waals surface area contributed by atoms with Crippen molar-refractivity contribution >= 4 is 11.8 Å². The molecule has 98 valence electrons. The molecule has 3 aliphatic heterocycles. The highest BCUT2D eigenvalue weighted by molar-refractivity contribution is 5.95. The molecule has 3 heterocycles. The third-order valence-corrected chi connectivity index (χ3v) is 3.46. The second-order valence-electron chi connectivity index (χ2n) is 5.22. The van der Waals surface area contributed by atoms with Crippen molar-refractivity contribution in [1.29, 1.82) is 0 Å². The van der Waals surface area contributed by atoms with Crippen molar-refractivity contribution < 1.29 is 9.59 Å². The zero-order valence-electron chi connectivity index (χ0n) is 11.1. The molecule has 18 heavy (non-hydrogen) atoms. The van der Waals surface area contributed by atoms with Crippen LogP contribution in [0.5, 0.6) is 0 Å². The van der Waals surface area contributed by atoms with E-state index >= 15 is 0 Å². The van der Waals surface area contributed by atoms with Crippen molar-refractivity contribution in [3.8, 4) is 11.8 Å². The number of nitrogens with zero attached hydrogens (tertiary/aromatic N) is 3. The largest absolute Gasteiger partial charge is 0.339 e. The van der Waals surface area contributed by atoms with E-state index in [1.54, 1.807) is 6.92 Å². The summed E-state index contributed by atoms with van der Waals surface area (Å²) in [6.45, 7) is 3.49. The number of amides is 2. The van der Waals surface area contributed by atoms with Gasteiger partial charge in [0, 0.05) is 20.0 Å². The maximum absolute atomic E-state index is 11.9. The topological polar surface area (TPSA) is 43.9 Å². The summed E-state index contributed by atoms with van der Waals surface area (Å²) in [7, 11) is 3.84. The molecule has 0 aromatic rings. The summed E-state index contributed by atoms with van der Waals surface area (Å²) in [6, 6.07) is 0.350. The molecule has 0 N–H and O–H groups in total. The van der Waals surface area contributed by atoms with Gasteiger partial charge in [0.1, 0.15) is 0 Å². The van der Waals surface area contributed by atoms with Crippen molar-refractivity contribution in [2.45, 2.75) is 25.4 Å². The van der Waals surface area contributed by atoms with Crippen LogP contribution in [0.15, 0.2) is 0 Å². The van der Waals surface area contributed by atoms with Crippen LogP contribution < -0.4 is 0 Å².